The molecule has 2 nitrogen and oxygen atoms in total. The molecular formula is C11H16ClNOS. The summed E-state index contributed by atoms with van der Waals surface area (Å²) in [4.78, 5) is 4.51. The molecule has 84 valence electrons. The number of aryl methyl sites for hydroxylation is 1. The highest BCUT2D eigenvalue weighted by molar-refractivity contribution is 7.09. The SMILES string of the molecule is Cc1nc(CC2(CCl)CCOC2C)cs1. The van der Waals surface area contributed by atoms with Crippen LogP contribution in [0.4, 0.5) is 0 Å². The molecule has 1 fully saturated rings. The van der Waals surface area contributed by atoms with Crippen molar-refractivity contribution in [2.75, 3.05) is 12.5 Å². The van der Waals surface area contributed by atoms with Gasteiger partial charge >= 0.3 is 0 Å². The van der Waals surface area contributed by atoms with E-state index in [2.05, 4.69) is 17.3 Å². The van der Waals surface area contributed by atoms with Gasteiger partial charge in [-0.15, -0.1) is 22.9 Å². The first-order valence-corrected chi connectivity index (χ1v) is 6.66. The van der Waals surface area contributed by atoms with Crippen molar-refractivity contribution in [2.45, 2.75) is 32.8 Å². The van der Waals surface area contributed by atoms with E-state index in [-0.39, 0.29) is 11.5 Å². The average molecular weight is 246 g/mol. The molecular weight excluding hydrogens is 230 g/mol. The second-order valence-electron chi connectivity index (χ2n) is 4.29. The number of alkyl halides is 1. The monoisotopic (exact) mass is 245 g/mol. The van der Waals surface area contributed by atoms with Crippen molar-refractivity contribution in [2.24, 2.45) is 5.41 Å². The Labute approximate surface area is 99.6 Å². The summed E-state index contributed by atoms with van der Waals surface area (Å²) in [5.41, 5.74) is 1.26. The number of thiazole rings is 1. The highest BCUT2D eigenvalue weighted by Crippen LogP contribution is 2.39. The van der Waals surface area contributed by atoms with Crippen molar-refractivity contribution >= 4 is 22.9 Å². The van der Waals surface area contributed by atoms with Crippen LogP contribution in [0.3, 0.4) is 0 Å². The molecule has 15 heavy (non-hydrogen) atoms. The number of hydrogen-bond donors (Lipinski definition) is 0. The molecule has 1 aliphatic heterocycles. The standard InChI is InChI=1S/C11H16ClNOS/c1-8-11(7-12,3-4-14-8)5-10-6-15-9(2)13-10/h6,8H,3-5,7H2,1-2H3. The van der Waals surface area contributed by atoms with Gasteiger partial charge in [-0.2, -0.15) is 0 Å². The third-order valence-corrected chi connectivity index (χ3v) is 4.65. The van der Waals surface area contributed by atoms with Crippen LogP contribution in [0.25, 0.3) is 0 Å². The van der Waals surface area contributed by atoms with Crippen LogP contribution in [0.1, 0.15) is 24.0 Å². The lowest BCUT2D eigenvalue weighted by Gasteiger charge is -2.29. The van der Waals surface area contributed by atoms with Crippen molar-refractivity contribution in [1.29, 1.82) is 0 Å². The van der Waals surface area contributed by atoms with E-state index in [0.717, 1.165) is 30.2 Å². The Morgan fingerprint density at radius 2 is 2.53 bits per heavy atom. The Balaban J connectivity index is 2.14. The summed E-state index contributed by atoms with van der Waals surface area (Å²) >= 11 is 7.81. The molecule has 1 aliphatic rings. The first kappa shape index (κ1) is 11.4. The summed E-state index contributed by atoms with van der Waals surface area (Å²) < 4.78 is 5.63. The Kier molecular flexibility index (Phi) is 3.33. The number of hydrogen-bond acceptors (Lipinski definition) is 3. The van der Waals surface area contributed by atoms with Crippen LogP contribution in [0, 0.1) is 12.3 Å². The van der Waals surface area contributed by atoms with Gasteiger partial charge in [0.25, 0.3) is 0 Å². The maximum atomic E-state index is 6.11. The second kappa shape index (κ2) is 4.40. The predicted octanol–water partition coefficient (Wildman–Crippen LogP) is 3.03. The molecule has 0 aliphatic carbocycles. The van der Waals surface area contributed by atoms with Gasteiger partial charge in [-0.25, -0.2) is 4.98 Å². The quantitative estimate of drug-likeness (QED) is 0.764. The zero-order chi connectivity index (χ0) is 10.9. The smallest absolute Gasteiger partial charge is 0.0897 e. The minimum Gasteiger partial charge on any atom is -0.378 e. The average Bonchev–Trinajstić information content (AvgIpc) is 2.76. The molecule has 4 heteroatoms. The minimum absolute atomic E-state index is 0.0993. The van der Waals surface area contributed by atoms with Gasteiger partial charge in [0.15, 0.2) is 0 Å². The van der Waals surface area contributed by atoms with Gasteiger partial charge in [0.05, 0.1) is 16.8 Å². The van der Waals surface area contributed by atoms with E-state index in [1.165, 1.54) is 0 Å². The molecule has 0 radical (unpaired) electrons. The molecule has 2 atom stereocenters. The van der Waals surface area contributed by atoms with E-state index < -0.39 is 0 Å². The Morgan fingerprint density at radius 3 is 3.00 bits per heavy atom. The zero-order valence-electron chi connectivity index (χ0n) is 9.12. The third-order valence-electron chi connectivity index (χ3n) is 3.30. The van der Waals surface area contributed by atoms with Crippen LogP contribution in [-0.4, -0.2) is 23.6 Å². The van der Waals surface area contributed by atoms with Gasteiger partial charge in [0.2, 0.25) is 0 Å². The first-order chi connectivity index (χ1) is 7.16. The van der Waals surface area contributed by atoms with Crippen LogP contribution in [-0.2, 0) is 11.2 Å². The number of ether oxygens (including phenoxy) is 1. The van der Waals surface area contributed by atoms with Gasteiger partial charge < -0.3 is 4.74 Å². The highest BCUT2D eigenvalue weighted by atomic mass is 35.5. The second-order valence-corrected chi connectivity index (χ2v) is 5.62. The van der Waals surface area contributed by atoms with E-state index in [1.54, 1.807) is 11.3 Å². The fraction of sp³-hybridized carbons (Fsp3) is 0.727. The Hall–Kier alpha value is -0.120. The van der Waals surface area contributed by atoms with Crippen molar-refractivity contribution in [1.82, 2.24) is 4.98 Å². The normalized spacial score (nSPS) is 31.0. The largest absolute Gasteiger partial charge is 0.378 e. The van der Waals surface area contributed by atoms with Crippen molar-refractivity contribution in [3.05, 3.63) is 16.1 Å². The Morgan fingerprint density at radius 1 is 1.73 bits per heavy atom. The molecule has 0 saturated carbocycles. The summed E-state index contributed by atoms with van der Waals surface area (Å²) in [7, 11) is 0. The third kappa shape index (κ3) is 2.19. The lowest BCUT2D eigenvalue weighted by molar-refractivity contribution is 0.0732. The lowest BCUT2D eigenvalue weighted by atomic mass is 9.79. The summed E-state index contributed by atoms with van der Waals surface area (Å²) in [6, 6.07) is 0. The fourth-order valence-electron chi connectivity index (χ4n) is 2.12. The molecule has 0 bridgehead atoms. The summed E-state index contributed by atoms with van der Waals surface area (Å²) in [6.45, 7) is 4.99. The van der Waals surface area contributed by atoms with E-state index >= 15 is 0 Å². The number of nitrogens with zero attached hydrogens (tertiary/aromatic N) is 1. The minimum atomic E-state index is 0.0993. The van der Waals surface area contributed by atoms with Crippen LogP contribution >= 0.6 is 22.9 Å². The van der Waals surface area contributed by atoms with Crippen molar-refractivity contribution in [3.63, 3.8) is 0 Å². The number of aromatic nitrogens is 1. The van der Waals surface area contributed by atoms with Crippen LogP contribution < -0.4 is 0 Å². The molecule has 2 unspecified atom stereocenters. The van der Waals surface area contributed by atoms with Crippen LogP contribution in [0.2, 0.25) is 0 Å². The van der Waals surface area contributed by atoms with Gasteiger partial charge in [-0.1, -0.05) is 0 Å². The van der Waals surface area contributed by atoms with Crippen LogP contribution in [0.5, 0.6) is 0 Å². The Bertz CT molecular complexity index is 341. The van der Waals surface area contributed by atoms with E-state index in [1.807, 2.05) is 6.92 Å². The predicted molar refractivity (Wildman–Crippen MR) is 63.7 cm³/mol. The molecule has 1 aromatic rings. The maximum absolute atomic E-state index is 6.11. The maximum Gasteiger partial charge on any atom is 0.0897 e. The van der Waals surface area contributed by atoms with Gasteiger partial charge in [-0.05, 0) is 26.7 Å². The van der Waals surface area contributed by atoms with E-state index in [0.29, 0.717) is 5.88 Å². The zero-order valence-corrected chi connectivity index (χ0v) is 10.7. The first-order valence-electron chi connectivity index (χ1n) is 5.25. The van der Waals surface area contributed by atoms with Crippen molar-refractivity contribution < 1.29 is 4.74 Å². The molecule has 0 spiro atoms. The molecule has 0 amide bonds. The lowest BCUT2D eigenvalue weighted by Crippen LogP contribution is -2.33. The molecule has 0 N–H and O–H groups in total. The topological polar surface area (TPSA) is 22.1 Å². The molecule has 1 saturated heterocycles. The van der Waals surface area contributed by atoms with E-state index in [4.69, 9.17) is 16.3 Å². The fourth-order valence-corrected chi connectivity index (χ4v) is 3.18. The molecule has 0 aromatic carbocycles. The molecule has 1 aromatic heterocycles. The summed E-state index contributed by atoms with van der Waals surface area (Å²) in [5, 5.41) is 3.26. The van der Waals surface area contributed by atoms with E-state index in [9.17, 15) is 0 Å². The number of halogens is 1. The summed E-state index contributed by atoms with van der Waals surface area (Å²) in [6.07, 6.45) is 2.24. The van der Waals surface area contributed by atoms with Crippen molar-refractivity contribution in [3.8, 4) is 0 Å². The molecule has 2 rings (SSSR count). The van der Waals surface area contributed by atoms with Gasteiger partial charge in [0.1, 0.15) is 0 Å². The van der Waals surface area contributed by atoms with Gasteiger partial charge in [0, 0.05) is 23.3 Å². The van der Waals surface area contributed by atoms with Crippen LogP contribution in [0.15, 0.2) is 5.38 Å². The molecule has 2 heterocycles. The summed E-state index contributed by atoms with van der Waals surface area (Å²) in [5.74, 6) is 0.657. The van der Waals surface area contributed by atoms with Gasteiger partial charge in [-0.3, -0.25) is 0 Å². The number of rotatable bonds is 3. The highest BCUT2D eigenvalue weighted by Gasteiger charge is 2.41.